The lowest BCUT2D eigenvalue weighted by atomic mass is 9.87. The van der Waals surface area contributed by atoms with Gasteiger partial charge in [0.25, 0.3) is 0 Å². The van der Waals surface area contributed by atoms with Crippen molar-refractivity contribution in [1.29, 1.82) is 0 Å². The van der Waals surface area contributed by atoms with Gasteiger partial charge >= 0.3 is 0 Å². The fourth-order valence-corrected chi connectivity index (χ4v) is 4.22. The Hall–Kier alpha value is -0.870. The van der Waals surface area contributed by atoms with Gasteiger partial charge in [-0.05, 0) is 48.8 Å². The second kappa shape index (κ2) is 14.2. The number of aliphatic hydroxyl groups is 1. The number of hydrogen-bond acceptors (Lipinski definition) is 4. The molecule has 0 spiro atoms. The van der Waals surface area contributed by atoms with Crippen LogP contribution in [0.15, 0.2) is 34.2 Å². The summed E-state index contributed by atoms with van der Waals surface area (Å²) < 4.78 is 25.3. The van der Waals surface area contributed by atoms with E-state index in [1.165, 1.54) is 0 Å². The molecule has 0 heterocycles. The Kier molecular flexibility index (Phi) is 13.8. The van der Waals surface area contributed by atoms with Crippen LogP contribution in [0.5, 0.6) is 0 Å². The van der Waals surface area contributed by atoms with E-state index in [-0.39, 0.29) is 48.3 Å². The summed E-state index contributed by atoms with van der Waals surface area (Å²) in [7, 11) is -3.36. The summed E-state index contributed by atoms with van der Waals surface area (Å²) in [4.78, 5) is 4.92. The van der Waals surface area contributed by atoms with Gasteiger partial charge in [-0.1, -0.05) is 46.2 Å². The van der Waals surface area contributed by atoms with Crippen LogP contribution in [-0.2, 0) is 15.3 Å². The molecular formula is C22H40IN3O3S. The maximum absolute atomic E-state index is 12.6. The Morgan fingerprint density at radius 3 is 2.23 bits per heavy atom. The van der Waals surface area contributed by atoms with Crippen LogP contribution in [0.1, 0.15) is 59.4 Å². The Balaban J connectivity index is 0.00000841. The van der Waals surface area contributed by atoms with Crippen molar-refractivity contribution in [2.45, 2.75) is 64.2 Å². The quantitative estimate of drug-likeness (QED) is 0.221. The van der Waals surface area contributed by atoms with E-state index in [0.717, 1.165) is 24.8 Å². The maximum atomic E-state index is 12.6. The Labute approximate surface area is 200 Å². The molecule has 0 saturated heterocycles. The van der Waals surface area contributed by atoms with Crippen molar-refractivity contribution in [2.24, 2.45) is 10.9 Å². The number of sulfone groups is 1. The first-order valence-electron chi connectivity index (χ1n) is 10.6. The summed E-state index contributed by atoms with van der Waals surface area (Å²) in [6.45, 7) is 12.2. The van der Waals surface area contributed by atoms with E-state index in [1.54, 1.807) is 12.1 Å². The van der Waals surface area contributed by atoms with Crippen LogP contribution in [0.2, 0.25) is 0 Å². The topological polar surface area (TPSA) is 90.8 Å². The monoisotopic (exact) mass is 553 g/mol. The van der Waals surface area contributed by atoms with Gasteiger partial charge in [-0.2, -0.15) is 0 Å². The predicted octanol–water partition coefficient (Wildman–Crippen LogP) is 3.73. The van der Waals surface area contributed by atoms with Crippen molar-refractivity contribution < 1.29 is 13.5 Å². The van der Waals surface area contributed by atoms with Crippen molar-refractivity contribution in [3.05, 3.63) is 29.8 Å². The van der Waals surface area contributed by atoms with Crippen LogP contribution in [-0.4, -0.2) is 51.5 Å². The Morgan fingerprint density at radius 1 is 1.10 bits per heavy atom. The number of nitrogens with zero attached hydrogens (tertiary/aromatic N) is 1. The summed E-state index contributed by atoms with van der Waals surface area (Å²) in [6.07, 6.45) is 2.80. The average molecular weight is 554 g/mol. The lowest BCUT2D eigenvalue weighted by Crippen LogP contribution is -2.40. The lowest BCUT2D eigenvalue weighted by molar-refractivity contribution is 0.253. The minimum Gasteiger partial charge on any atom is -0.396 e. The molecule has 1 unspecified atom stereocenters. The van der Waals surface area contributed by atoms with E-state index in [4.69, 9.17) is 0 Å². The van der Waals surface area contributed by atoms with E-state index < -0.39 is 9.84 Å². The van der Waals surface area contributed by atoms with E-state index >= 15 is 0 Å². The number of rotatable bonds is 11. The van der Waals surface area contributed by atoms with Gasteiger partial charge in [0.05, 0.1) is 10.6 Å². The summed E-state index contributed by atoms with van der Waals surface area (Å²) in [5, 5.41) is 15.5. The van der Waals surface area contributed by atoms with Gasteiger partial charge < -0.3 is 15.7 Å². The zero-order chi connectivity index (χ0) is 21.9. The van der Waals surface area contributed by atoms with Crippen molar-refractivity contribution in [3.63, 3.8) is 0 Å². The second-order valence-electron chi connectivity index (χ2n) is 8.41. The Bertz CT molecular complexity index is 723. The second-order valence-corrected chi connectivity index (χ2v) is 10.5. The molecule has 0 radical (unpaired) electrons. The molecule has 6 nitrogen and oxygen atoms in total. The van der Waals surface area contributed by atoms with Crippen LogP contribution in [0.25, 0.3) is 0 Å². The minimum atomic E-state index is -3.36. The van der Waals surface area contributed by atoms with Crippen LogP contribution >= 0.6 is 24.0 Å². The summed E-state index contributed by atoms with van der Waals surface area (Å²) in [5.41, 5.74) is 1.10. The molecule has 1 atom stereocenters. The van der Waals surface area contributed by atoms with E-state index in [0.29, 0.717) is 29.9 Å². The fourth-order valence-electron chi connectivity index (χ4n) is 3.06. The number of aliphatic hydroxyl groups excluding tert-OH is 1. The standard InChI is InChI=1S/C22H39N3O3S.HI/c1-6-8-18(13-15-26)17-25-21(23-7-2)24-14-16-29(27,28)20-11-9-19(10-12-20)22(3,4)5;/h9-12,18,26H,6-8,13-17H2,1-5H3,(H2,23,24,25);1H. The molecule has 8 heteroatoms. The fraction of sp³-hybridized carbons (Fsp3) is 0.682. The molecule has 0 amide bonds. The predicted molar refractivity (Wildman–Crippen MR) is 137 cm³/mol. The van der Waals surface area contributed by atoms with E-state index in [9.17, 15) is 13.5 Å². The number of halogens is 1. The van der Waals surface area contributed by atoms with Gasteiger partial charge in [0.1, 0.15) is 0 Å². The third-order valence-corrected chi connectivity index (χ3v) is 6.56. The van der Waals surface area contributed by atoms with Crippen LogP contribution < -0.4 is 10.6 Å². The molecule has 0 aliphatic carbocycles. The van der Waals surface area contributed by atoms with Gasteiger partial charge in [0, 0.05) is 26.2 Å². The van der Waals surface area contributed by atoms with E-state index in [1.807, 2.05) is 19.1 Å². The van der Waals surface area contributed by atoms with Crippen LogP contribution in [0, 0.1) is 5.92 Å². The van der Waals surface area contributed by atoms with Gasteiger partial charge in [-0.25, -0.2) is 8.42 Å². The highest BCUT2D eigenvalue weighted by atomic mass is 127. The number of aliphatic imine (C=N–C) groups is 1. The SMILES string of the molecule is CCCC(CCO)CN=C(NCC)NCCS(=O)(=O)c1ccc(C(C)(C)C)cc1.I. The third kappa shape index (κ3) is 10.4. The number of guanidine groups is 1. The molecule has 0 fully saturated rings. The normalized spacial score (nSPS) is 13.5. The zero-order valence-electron chi connectivity index (χ0n) is 19.1. The molecule has 3 N–H and O–H groups in total. The molecule has 0 aliphatic rings. The zero-order valence-corrected chi connectivity index (χ0v) is 22.2. The van der Waals surface area contributed by atoms with Gasteiger partial charge in [-0.15, -0.1) is 24.0 Å². The summed E-state index contributed by atoms with van der Waals surface area (Å²) in [6, 6.07) is 7.17. The van der Waals surface area contributed by atoms with Crippen molar-refractivity contribution >= 4 is 39.8 Å². The largest absolute Gasteiger partial charge is 0.396 e. The van der Waals surface area contributed by atoms with Crippen molar-refractivity contribution in [3.8, 4) is 0 Å². The smallest absolute Gasteiger partial charge is 0.191 e. The van der Waals surface area contributed by atoms with Gasteiger partial charge in [-0.3, -0.25) is 4.99 Å². The molecule has 0 bridgehead atoms. The van der Waals surface area contributed by atoms with Crippen LogP contribution in [0.3, 0.4) is 0 Å². The summed E-state index contributed by atoms with van der Waals surface area (Å²) >= 11 is 0. The van der Waals surface area contributed by atoms with Crippen molar-refractivity contribution in [2.75, 3.05) is 32.0 Å². The number of benzene rings is 1. The highest BCUT2D eigenvalue weighted by Crippen LogP contribution is 2.23. The summed E-state index contributed by atoms with van der Waals surface area (Å²) in [5.74, 6) is 0.955. The Morgan fingerprint density at radius 2 is 1.73 bits per heavy atom. The molecule has 1 rings (SSSR count). The minimum absolute atomic E-state index is 0. The molecule has 0 aliphatic heterocycles. The third-order valence-electron chi connectivity index (χ3n) is 4.83. The molecule has 30 heavy (non-hydrogen) atoms. The first-order chi connectivity index (χ1) is 13.6. The van der Waals surface area contributed by atoms with Gasteiger partial charge in [0.2, 0.25) is 0 Å². The first kappa shape index (κ1) is 29.1. The van der Waals surface area contributed by atoms with Crippen molar-refractivity contribution in [1.82, 2.24) is 10.6 Å². The lowest BCUT2D eigenvalue weighted by Gasteiger charge is -2.19. The average Bonchev–Trinajstić information content (AvgIpc) is 2.65. The van der Waals surface area contributed by atoms with Crippen LogP contribution in [0.4, 0.5) is 0 Å². The first-order valence-corrected chi connectivity index (χ1v) is 12.3. The molecule has 1 aromatic carbocycles. The number of hydrogen-bond donors (Lipinski definition) is 3. The maximum Gasteiger partial charge on any atom is 0.191 e. The molecule has 0 saturated carbocycles. The molecule has 0 aromatic heterocycles. The van der Waals surface area contributed by atoms with Gasteiger partial charge in [0.15, 0.2) is 15.8 Å². The molecule has 174 valence electrons. The highest BCUT2D eigenvalue weighted by Gasteiger charge is 2.18. The van der Waals surface area contributed by atoms with E-state index in [2.05, 4.69) is 43.3 Å². The number of nitrogens with one attached hydrogen (secondary N) is 2. The molecular weight excluding hydrogens is 513 g/mol. The molecule has 1 aromatic rings. The highest BCUT2D eigenvalue weighted by molar-refractivity contribution is 14.0.